The van der Waals surface area contributed by atoms with Gasteiger partial charge in [-0.3, -0.25) is 0 Å². The molecule has 0 radical (unpaired) electrons. The van der Waals surface area contributed by atoms with Crippen LogP contribution in [0.15, 0.2) is 58.3 Å². The topological polar surface area (TPSA) is 91.1 Å². The quantitative estimate of drug-likeness (QED) is 0.604. The van der Waals surface area contributed by atoms with E-state index >= 15 is 0 Å². The van der Waals surface area contributed by atoms with Crippen molar-refractivity contribution in [3.05, 3.63) is 64.4 Å². The first-order chi connectivity index (χ1) is 14.4. The second-order valence-corrected chi connectivity index (χ2v) is 7.08. The smallest absolute Gasteiger partial charge is 0.203 e. The van der Waals surface area contributed by atoms with Crippen molar-refractivity contribution in [2.75, 3.05) is 14.2 Å². The van der Waals surface area contributed by atoms with Crippen molar-refractivity contribution in [3.8, 4) is 11.5 Å². The second-order valence-electron chi connectivity index (χ2n) is 6.64. The largest absolute Gasteiger partial charge is 0.493 e. The fourth-order valence-corrected chi connectivity index (χ4v) is 3.16. The lowest BCUT2D eigenvalue weighted by Crippen LogP contribution is -2.39. The van der Waals surface area contributed by atoms with Crippen LogP contribution in [0.5, 0.6) is 11.5 Å². The molecule has 30 heavy (non-hydrogen) atoms. The Morgan fingerprint density at radius 3 is 2.40 bits per heavy atom. The molecule has 7 nitrogen and oxygen atoms in total. The summed E-state index contributed by atoms with van der Waals surface area (Å²) in [6.45, 7) is 4.10. The zero-order chi connectivity index (χ0) is 21.7. The third-order valence-corrected chi connectivity index (χ3v) is 4.69. The SMILES string of the molecule is COc1ccc(/C(C(C)=N)=C2\N=C(C)N=C(NCc3ccc(Cl)cc3)N2)cc1OC. The summed E-state index contributed by atoms with van der Waals surface area (Å²) >= 11 is 5.95. The fraction of sp³-hybridized carbons (Fsp3) is 0.227. The maximum absolute atomic E-state index is 8.33. The predicted octanol–water partition coefficient (Wildman–Crippen LogP) is 4.23. The number of rotatable bonds is 6. The van der Waals surface area contributed by atoms with E-state index in [1.165, 1.54) is 0 Å². The number of benzene rings is 2. The number of hydrogen-bond donors (Lipinski definition) is 3. The van der Waals surface area contributed by atoms with E-state index in [0.717, 1.165) is 11.1 Å². The highest BCUT2D eigenvalue weighted by Crippen LogP contribution is 2.32. The Kier molecular flexibility index (Phi) is 6.74. The van der Waals surface area contributed by atoms with Gasteiger partial charge in [-0.1, -0.05) is 29.8 Å². The number of ether oxygens (including phenoxy) is 2. The molecule has 0 fully saturated rings. The van der Waals surface area contributed by atoms with Crippen LogP contribution < -0.4 is 20.1 Å². The molecule has 2 aromatic rings. The van der Waals surface area contributed by atoms with Crippen molar-refractivity contribution < 1.29 is 9.47 Å². The summed E-state index contributed by atoms with van der Waals surface area (Å²) in [4.78, 5) is 8.95. The molecule has 156 valence electrons. The van der Waals surface area contributed by atoms with Crippen LogP contribution in [0.1, 0.15) is 25.0 Å². The summed E-state index contributed by atoms with van der Waals surface area (Å²) < 4.78 is 10.7. The minimum absolute atomic E-state index is 0.361. The van der Waals surface area contributed by atoms with Gasteiger partial charge in [0.1, 0.15) is 11.7 Å². The van der Waals surface area contributed by atoms with Gasteiger partial charge in [-0.05, 0) is 49.2 Å². The van der Waals surface area contributed by atoms with Gasteiger partial charge in [0.2, 0.25) is 5.96 Å². The zero-order valence-electron chi connectivity index (χ0n) is 17.3. The summed E-state index contributed by atoms with van der Waals surface area (Å²) in [6.07, 6.45) is 0. The van der Waals surface area contributed by atoms with Crippen molar-refractivity contribution in [2.24, 2.45) is 9.98 Å². The lowest BCUT2D eigenvalue weighted by Gasteiger charge is -2.20. The second kappa shape index (κ2) is 9.45. The van der Waals surface area contributed by atoms with E-state index in [4.69, 9.17) is 26.5 Å². The summed E-state index contributed by atoms with van der Waals surface area (Å²) in [7, 11) is 3.17. The minimum Gasteiger partial charge on any atom is -0.493 e. The van der Waals surface area contributed by atoms with Gasteiger partial charge >= 0.3 is 0 Å². The maximum atomic E-state index is 8.33. The highest BCUT2D eigenvalue weighted by Gasteiger charge is 2.18. The zero-order valence-corrected chi connectivity index (χ0v) is 18.1. The first kappa shape index (κ1) is 21.4. The highest BCUT2D eigenvalue weighted by molar-refractivity contribution is 6.30. The van der Waals surface area contributed by atoms with Crippen LogP contribution in [0, 0.1) is 5.41 Å². The summed E-state index contributed by atoms with van der Waals surface area (Å²) in [5.74, 6) is 2.89. The Labute approximate surface area is 181 Å². The number of methoxy groups -OCH3 is 2. The van der Waals surface area contributed by atoms with Crippen LogP contribution in [0.3, 0.4) is 0 Å². The minimum atomic E-state index is 0.361. The fourth-order valence-electron chi connectivity index (χ4n) is 3.03. The number of amidine groups is 1. The molecule has 0 aromatic heterocycles. The molecule has 0 spiro atoms. The Morgan fingerprint density at radius 1 is 1.07 bits per heavy atom. The van der Waals surface area contributed by atoms with E-state index in [0.29, 0.717) is 52.0 Å². The Bertz CT molecular complexity index is 1040. The predicted molar refractivity (Wildman–Crippen MR) is 122 cm³/mol. The lowest BCUT2D eigenvalue weighted by molar-refractivity contribution is 0.355. The molecule has 0 aliphatic carbocycles. The molecule has 3 N–H and O–H groups in total. The molecule has 1 aliphatic heterocycles. The molecule has 2 aromatic carbocycles. The Morgan fingerprint density at radius 2 is 1.77 bits per heavy atom. The lowest BCUT2D eigenvalue weighted by atomic mass is 10.0. The molecule has 0 atom stereocenters. The van der Waals surface area contributed by atoms with Crippen molar-refractivity contribution in [2.45, 2.75) is 20.4 Å². The molecule has 1 heterocycles. The van der Waals surface area contributed by atoms with Gasteiger partial charge in [0.05, 0.1) is 14.2 Å². The molecule has 0 saturated heterocycles. The number of nitrogens with zero attached hydrogens (tertiary/aromatic N) is 2. The third kappa shape index (κ3) is 4.99. The Hall–Kier alpha value is -3.32. The van der Waals surface area contributed by atoms with E-state index in [9.17, 15) is 0 Å². The molecule has 3 rings (SSSR count). The summed E-state index contributed by atoms with van der Waals surface area (Å²) in [5, 5.41) is 15.5. The van der Waals surface area contributed by atoms with Crippen LogP contribution in [0.25, 0.3) is 5.57 Å². The molecule has 0 unspecified atom stereocenters. The van der Waals surface area contributed by atoms with Crippen molar-refractivity contribution in [1.82, 2.24) is 10.6 Å². The van der Waals surface area contributed by atoms with E-state index in [-0.39, 0.29) is 0 Å². The van der Waals surface area contributed by atoms with Gasteiger partial charge in [0, 0.05) is 22.9 Å². The monoisotopic (exact) mass is 425 g/mol. The van der Waals surface area contributed by atoms with Gasteiger partial charge < -0.3 is 25.5 Å². The highest BCUT2D eigenvalue weighted by atomic mass is 35.5. The molecule has 0 bridgehead atoms. The average Bonchev–Trinajstić information content (AvgIpc) is 2.72. The summed E-state index contributed by atoms with van der Waals surface area (Å²) in [5.41, 5.74) is 2.87. The van der Waals surface area contributed by atoms with Crippen LogP contribution in [0.4, 0.5) is 0 Å². The molecule has 0 saturated carbocycles. The molecule has 0 amide bonds. The number of allylic oxidation sites excluding steroid dienone is 1. The molecule has 8 heteroatoms. The number of aliphatic imine (C=N–C) groups is 2. The van der Waals surface area contributed by atoms with Crippen molar-refractivity contribution >= 4 is 34.7 Å². The maximum Gasteiger partial charge on any atom is 0.203 e. The van der Waals surface area contributed by atoms with E-state index < -0.39 is 0 Å². The van der Waals surface area contributed by atoms with Gasteiger partial charge in [-0.25, -0.2) is 4.99 Å². The first-order valence-corrected chi connectivity index (χ1v) is 9.70. The van der Waals surface area contributed by atoms with Gasteiger partial charge in [0.25, 0.3) is 0 Å². The summed E-state index contributed by atoms with van der Waals surface area (Å²) in [6, 6.07) is 13.1. The van der Waals surface area contributed by atoms with Gasteiger partial charge in [-0.2, -0.15) is 4.99 Å². The van der Waals surface area contributed by atoms with Crippen LogP contribution in [-0.4, -0.2) is 31.7 Å². The number of hydrogen-bond acceptors (Lipinski definition) is 7. The number of guanidine groups is 1. The normalized spacial score (nSPS) is 14.8. The van der Waals surface area contributed by atoms with Gasteiger partial charge in [0.15, 0.2) is 11.5 Å². The number of nitrogens with one attached hydrogen (secondary N) is 3. The van der Waals surface area contributed by atoms with E-state index in [2.05, 4.69) is 20.6 Å². The average molecular weight is 426 g/mol. The molecule has 1 aliphatic rings. The van der Waals surface area contributed by atoms with E-state index in [1.807, 2.05) is 49.4 Å². The number of halogens is 1. The van der Waals surface area contributed by atoms with Crippen molar-refractivity contribution in [1.29, 1.82) is 5.41 Å². The standard InChI is InChI=1S/C22H24ClN5O2/c1-13(24)20(16-7-10-18(29-3)19(11-16)30-4)21-26-14(2)27-22(28-21)25-12-15-5-8-17(23)9-6-15/h5-11,24H,12H2,1-4H3,(H2,25,26,27,28)/b21-20+,24-13?. The van der Waals surface area contributed by atoms with E-state index in [1.54, 1.807) is 21.1 Å². The Balaban J connectivity index is 1.90. The van der Waals surface area contributed by atoms with Crippen LogP contribution in [-0.2, 0) is 6.54 Å². The van der Waals surface area contributed by atoms with Crippen LogP contribution >= 0.6 is 11.6 Å². The molecular weight excluding hydrogens is 402 g/mol. The van der Waals surface area contributed by atoms with Crippen LogP contribution in [0.2, 0.25) is 5.02 Å². The third-order valence-electron chi connectivity index (χ3n) is 4.44. The molecular formula is C22H24ClN5O2. The van der Waals surface area contributed by atoms with Gasteiger partial charge in [-0.15, -0.1) is 0 Å². The first-order valence-electron chi connectivity index (χ1n) is 9.32. The van der Waals surface area contributed by atoms with Crippen molar-refractivity contribution in [3.63, 3.8) is 0 Å².